The van der Waals surface area contributed by atoms with Crippen molar-refractivity contribution in [2.45, 2.75) is 19.9 Å². The van der Waals surface area contributed by atoms with Crippen LogP contribution in [0, 0.1) is 0 Å². The topological polar surface area (TPSA) is 49.4 Å². The summed E-state index contributed by atoms with van der Waals surface area (Å²) in [5.74, 6) is -0.151. The molecule has 5 heteroatoms. The lowest BCUT2D eigenvalue weighted by atomic mass is 9.99. The van der Waals surface area contributed by atoms with Gasteiger partial charge in [0.2, 0.25) is 11.8 Å². The Labute approximate surface area is 152 Å². The number of nitrogens with zero attached hydrogens (tertiary/aromatic N) is 1. The lowest BCUT2D eigenvalue weighted by molar-refractivity contribution is -0.129. The number of halogens is 1. The number of amides is 2. The molecule has 0 aromatic heterocycles. The second kappa shape index (κ2) is 7.53. The third-order valence-corrected chi connectivity index (χ3v) is 4.60. The second-order valence-electron chi connectivity index (χ2n) is 6.02. The Kier molecular flexibility index (Phi) is 5.19. The van der Waals surface area contributed by atoms with Gasteiger partial charge in [-0.1, -0.05) is 35.9 Å². The monoisotopic (exact) mass is 354 g/mol. The Hall–Kier alpha value is -2.59. The standard InChI is InChI=1S/C20H19ClN2O2/c1-14(24)23-11-10-15-6-8-18(12-17(15)13-23)22-20(25)9-7-16-4-2-3-5-19(16)21/h2-9,12H,10-11,13H2,1H3,(H,22,25)/b9-7+. The van der Waals surface area contributed by atoms with Crippen molar-refractivity contribution < 1.29 is 9.59 Å². The number of carbonyl (C=O) groups is 2. The summed E-state index contributed by atoms with van der Waals surface area (Å²) in [4.78, 5) is 25.5. The molecule has 0 fully saturated rings. The minimum Gasteiger partial charge on any atom is -0.338 e. The van der Waals surface area contributed by atoms with E-state index in [4.69, 9.17) is 11.6 Å². The first-order valence-electron chi connectivity index (χ1n) is 8.14. The van der Waals surface area contributed by atoms with Crippen LogP contribution in [-0.4, -0.2) is 23.3 Å². The van der Waals surface area contributed by atoms with Crippen molar-refractivity contribution in [3.8, 4) is 0 Å². The SMILES string of the molecule is CC(=O)N1CCc2ccc(NC(=O)/C=C/c3ccccc3Cl)cc2C1. The van der Waals surface area contributed by atoms with E-state index in [1.807, 2.05) is 41.3 Å². The smallest absolute Gasteiger partial charge is 0.248 e. The third kappa shape index (κ3) is 4.28. The molecule has 0 aliphatic carbocycles. The van der Waals surface area contributed by atoms with Crippen molar-refractivity contribution in [2.24, 2.45) is 0 Å². The molecule has 0 unspecified atom stereocenters. The first-order chi connectivity index (χ1) is 12.0. The summed E-state index contributed by atoms with van der Waals surface area (Å²) in [5.41, 5.74) is 3.82. The fourth-order valence-corrected chi connectivity index (χ4v) is 3.06. The van der Waals surface area contributed by atoms with Crippen LogP contribution in [0.3, 0.4) is 0 Å². The largest absolute Gasteiger partial charge is 0.338 e. The number of carbonyl (C=O) groups excluding carboxylic acids is 2. The van der Waals surface area contributed by atoms with Gasteiger partial charge in [-0.3, -0.25) is 9.59 Å². The second-order valence-corrected chi connectivity index (χ2v) is 6.43. The molecule has 1 aliphatic heterocycles. The molecular weight excluding hydrogens is 336 g/mol. The summed E-state index contributed by atoms with van der Waals surface area (Å²) < 4.78 is 0. The summed E-state index contributed by atoms with van der Waals surface area (Å²) in [6, 6.07) is 13.2. The highest BCUT2D eigenvalue weighted by molar-refractivity contribution is 6.32. The minimum atomic E-state index is -0.223. The summed E-state index contributed by atoms with van der Waals surface area (Å²) in [5, 5.41) is 3.46. The van der Waals surface area contributed by atoms with Gasteiger partial charge in [0.25, 0.3) is 0 Å². The van der Waals surface area contributed by atoms with E-state index in [0.717, 1.165) is 29.8 Å². The molecule has 1 heterocycles. The number of rotatable bonds is 3. The van der Waals surface area contributed by atoms with Gasteiger partial charge in [0, 0.05) is 36.8 Å². The van der Waals surface area contributed by atoms with E-state index in [0.29, 0.717) is 11.6 Å². The zero-order valence-electron chi connectivity index (χ0n) is 14.0. The molecule has 2 aromatic carbocycles. The molecule has 2 aromatic rings. The Morgan fingerprint density at radius 1 is 1.16 bits per heavy atom. The molecule has 4 nitrogen and oxygen atoms in total. The van der Waals surface area contributed by atoms with E-state index in [1.54, 1.807) is 19.1 Å². The van der Waals surface area contributed by atoms with E-state index in [2.05, 4.69) is 5.32 Å². The zero-order chi connectivity index (χ0) is 17.8. The van der Waals surface area contributed by atoms with Crippen LogP contribution in [0.5, 0.6) is 0 Å². The minimum absolute atomic E-state index is 0.0720. The highest BCUT2D eigenvalue weighted by Crippen LogP contribution is 2.23. The summed E-state index contributed by atoms with van der Waals surface area (Å²) >= 11 is 6.07. The summed E-state index contributed by atoms with van der Waals surface area (Å²) in [6.07, 6.45) is 3.99. The number of nitrogens with one attached hydrogen (secondary N) is 1. The van der Waals surface area contributed by atoms with E-state index in [-0.39, 0.29) is 11.8 Å². The number of anilines is 1. The van der Waals surface area contributed by atoms with E-state index in [1.165, 1.54) is 11.6 Å². The van der Waals surface area contributed by atoms with E-state index < -0.39 is 0 Å². The van der Waals surface area contributed by atoms with Crippen LogP contribution in [0.15, 0.2) is 48.5 Å². The zero-order valence-corrected chi connectivity index (χ0v) is 14.7. The van der Waals surface area contributed by atoms with Gasteiger partial charge >= 0.3 is 0 Å². The van der Waals surface area contributed by atoms with Crippen LogP contribution in [-0.2, 0) is 22.6 Å². The number of fused-ring (bicyclic) bond motifs is 1. The van der Waals surface area contributed by atoms with Crippen LogP contribution in [0.2, 0.25) is 5.02 Å². The molecule has 0 saturated carbocycles. The van der Waals surface area contributed by atoms with Crippen molar-refractivity contribution in [3.05, 3.63) is 70.3 Å². The number of hydrogen-bond donors (Lipinski definition) is 1. The molecular formula is C20H19ClN2O2. The molecule has 128 valence electrons. The fourth-order valence-electron chi connectivity index (χ4n) is 2.86. The lowest BCUT2D eigenvalue weighted by Gasteiger charge is -2.28. The van der Waals surface area contributed by atoms with E-state index >= 15 is 0 Å². The Morgan fingerprint density at radius 3 is 2.72 bits per heavy atom. The molecule has 1 N–H and O–H groups in total. The molecule has 0 spiro atoms. The quantitative estimate of drug-likeness (QED) is 0.850. The van der Waals surface area contributed by atoms with Gasteiger partial charge in [-0.05, 0) is 47.4 Å². The average molecular weight is 355 g/mol. The first kappa shape index (κ1) is 17.2. The Morgan fingerprint density at radius 2 is 1.96 bits per heavy atom. The molecule has 1 aliphatic rings. The molecule has 3 rings (SSSR count). The van der Waals surface area contributed by atoms with Gasteiger partial charge in [-0.2, -0.15) is 0 Å². The van der Waals surface area contributed by atoms with Crippen molar-refractivity contribution >= 4 is 35.2 Å². The van der Waals surface area contributed by atoms with Crippen molar-refractivity contribution in [3.63, 3.8) is 0 Å². The van der Waals surface area contributed by atoms with Crippen LogP contribution in [0.1, 0.15) is 23.6 Å². The first-order valence-corrected chi connectivity index (χ1v) is 8.51. The summed E-state index contributed by atoms with van der Waals surface area (Å²) in [7, 11) is 0. The normalized spacial score (nSPS) is 13.6. The maximum atomic E-state index is 12.1. The highest BCUT2D eigenvalue weighted by Gasteiger charge is 2.18. The van der Waals surface area contributed by atoms with Crippen molar-refractivity contribution in [1.29, 1.82) is 0 Å². The van der Waals surface area contributed by atoms with Gasteiger partial charge in [0.05, 0.1) is 0 Å². The maximum absolute atomic E-state index is 12.1. The van der Waals surface area contributed by atoms with Crippen LogP contribution < -0.4 is 5.32 Å². The molecule has 0 saturated heterocycles. The lowest BCUT2D eigenvalue weighted by Crippen LogP contribution is -2.34. The summed E-state index contributed by atoms with van der Waals surface area (Å²) in [6.45, 7) is 2.91. The highest BCUT2D eigenvalue weighted by atomic mass is 35.5. The predicted molar refractivity (Wildman–Crippen MR) is 100 cm³/mol. The number of hydrogen-bond acceptors (Lipinski definition) is 2. The van der Waals surface area contributed by atoms with Gasteiger partial charge in [-0.25, -0.2) is 0 Å². The Balaban J connectivity index is 1.69. The maximum Gasteiger partial charge on any atom is 0.248 e. The fraction of sp³-hybridized carbons (Fsp3) is 0.200. The van der Waals surface area contributed by atoms with Crippen LogP contribution >= 0.6 is 11.6 Å². The van der Waals surface area contributed by atoms with Crippen LogP contribution in [0.4, 0.5) is 5.69 Å². The third-order valence-electron chi connectivity index (χ3n) is 4.25. The molecule has 0 bridgehead atoms. The van der Waals surface area contributed by atoms with Crippen molar-refractivity contribution in [2.75, 3.05) is 11.9 Å². The molecule has 0 radical (unpaired) electrons. The van der Waals surface area contributed by atoms with Crippen LogP contribution in [0.25, 0.3) is 6.08 Å². The molecule has 25 heavy (non-hydrogen) atoms. The average Bonchev–Trinajstić information content (AvgIpc) is 2.60. The molecule has 2 amide bonds. The van der Waals surface area contributed by atoms with Gasteiger partial charge < -0.3 is 10.2 Å². The number of benzene rings is 2. The molecule has 0 atom stereocenters. The van der Waals surface area contributed by atoms with Crippen molar-refractivity contribution in [1.82, 2.24) is 4.90 Å². The predicted octanol–water partition coefficient (Wildman–Crippen LogP) is 3.90. The van der Waals surface area contributed by atoms with E-state index in [9.17, 15) is 9.59 Å². The Bertz CT molecular complexity index is 845. The van der Waals surface area contributed by atoms with Gasteiger partial charge in [-0.15, -0.1) is 0 Å². The van der Waals surface area contributed by atoms with Gasteiger partial charge in [0.1, 0.15) is 0 Å². The van der Waals surface area contributed by atoms with Gasteiger partial charge in [0.15, 0.2) is 0 Å².